The second kappa shape index (κ2) is 5.38. The molecule has 3 aromatic rings. The number of aromatic nitrogens is 4. The van der Waals surface area contributed by atoms with Gasteiger partial charge < -0.3 is 14.6 Å². The lowest BCUT2D eigenvalue weighted by Gasteiger charge is -2.34. The second-order valence-electron chi connectivity index (χ2n) is 5.45. The van der Waals surface area contributed by atoms with Crippen LogP contribution in [0, 0.1) is 0 Å². The maximum Gasteiger partial charge on any atom is 0.162 e. The lowest BCUT2D eigenvalue weighted by molar-refractivity contribution is 0.0985. The van der Waals surface area contributed by atoms with Gasteiger partial charge in [-0.1, -0.05) is 0 Å². The summed E-state index contributed by atoms with van der Waals surface area (Å²) in [4.78, 5) is 18.9. The molecule has 3 aromatic heterocycles. The third-order valence-corrected chi connectivity index (χ3v) is 4.00. The van der Waals surface area contributed by atoms with E-state index in [0.29, 0.717) is 6.04 Å². The Morgan fingerprint density at radius 1 is 1.23 bits per heavy atom. The number of morpholine rings is 1. The summed E-state index contributed by atoms with van der Waals surface area (Å²) in [5, 5.41) is 1.04. The molecule has 1 aliphatic heterocycles. The van der Waals surface area contributed by atoms with Crippen molar-refractivity contribution in [2.45, 2.75) is 13.0 Å². The first-order valence-corrected chi connectivity index (χ1v) is 7.43. The SMILES string of the molecule is CC1COCCN1c1ccnc(-c2ccnc3[nH]ccc23)n1. The third-order valence-electron chi connectivity index (χ3n) is 4.00. The van der Waals surface area contributed by atoms with Gasteiger partial charge in [-0.2, -0.15) is 0 Å². The molecule has 4 heterocycles. The van der Waals surface area contributed by atoms with Crippen molar-refractivity contribution in [2.75, 3.05) is 24.7 Å². The highest BCUT2D eigenvalue weighted by atomic mass is 16.5. The van der Waals surface area contributed by atoms with Crippen LogP contribution in [0.25, 0.3) is 22.4 Å². The average Bonchev–Trinajstić information content (AvgIpc) is 3.04. The Morgan fingerprint density at radius 2 is 2.14 bits per heavy atom. The largest absolute Gasteiger partial charge is 0.377 e. The molecule has 1 fully saturated rings. The maximum absolute atomic E-state index is 5.50. The minimum Gasteiger partial charge on any atom is -0.377 e. The summed E-state index contributed by atoms with van der Waals surface area (Å²) < 4.78 is 5.50. The Kier molecular flexibility index (Phi) is 3.23. The number of H-pyrrole nitrogens is 1. The van der Waals surface area contributed by atoms with Crippen molar-refractivity contribution in [1.82, 2.24) is 19.9 Å². The third kappa shape index (κ3) is 2.21. The van der Waals surface area contributed by atoms with E-state index in [-0.39, 0.29) is 0 Å². The summed E-state index contributed by atoms with van der Waals surface area (Å²) in [5.41, 5.74) is 1.85. The van der Waals surface area contributed by atoms with Gasteiger partial charge in [0, 0.05) is 36.1 Å². The number of aromatic amines is 1. The molecule has 4 rings (SSSR count). The van der Waals surface area contributed by atoms with Crippen molar-refractivity contribution in [2.24, 2.45) is 0 Å². The molecule has 22 heavy (non-hydrogen) atoms. The molecule has 1 saturated heterocycles. The van der Waals surface area contributed by atoms with E-state index in [2.05, 4.69) is 26.8 Å². The van der Waals surface area contributed by atoms with Crippen LogP contribution < -0.4 is 4.90 Å². The lowest BCUT2D eigenvalue weighted by Crippen LogP contribution is -2.44. The van der Waals surface area contributed by atoms with Gasteiger partial charge in [-0.25, -0.2) is 15.0 Å². The molecule has 1 N–H and O–H groups in total. The molecule has 6 nitrogen and oxygen atoms in total. The minimum absolute atomic E-state index is 0.321. The number of fused-ring (bicyclic) bond motifs is 1. The number of nitrogens with zero attached hydrogens (tertiary/aromatic N) is 4. The first-order chi connectivity index (χ1) is 10.8. The number of rotatable bonds is 2. The Morgan fingerprint density at radius 3 is 3.05 bits per heavy atom. The molecule has 0 amide bonds. The van der Waals surface area contributed by atoms with Crippen molar-refractivity contribution < 1.29 is 4.74 Å². The van der Waals surface area contributed by atoms with Crippen LogP contribution >= 0.6 is 0 Å². The second-order valence-corrected chi connectivity index (χ2v) is 5.45. The van der Waals surface area contributed by atoms with Crippen LogP contribution in [0.4, 0.5) is 5.82 Å². The molecular weight excluding hydrogens is 278 g/mol. The first kappa shape index (κ1) is 13.2. The van der Waals surface area contributed by atoms with Crippen LogP contribution in [0.5, 0.6) is 0 Å². The quantitative estimate of drug-likeness (QED) is 0.785. The van der Waals surface area contributed by atoms with Crippen LogP contribution in [0.15, 0.2) is 36.8 Å². The van der Waals surface area contributed by atoms with Gasteiger partial charge in [-0.05, 0) is 25.1 Å². The summed E-state index contributed by atoms with van der Waals surface area (Å²) >= 11 is 0. The van der Waals surface area contributed by atoms with E-state index in [0.717, 1.165) is 48.0 Å². The zero-order chi connectivity index (χ0) is 14.9. The van der Waals surface area contributed by atoms with Gasteiger partial charge in [-0.3, -0.25) is 0 Å². The summed E-state index contributed by atoms with van der Waals surface area (Å²) in [5.74, 6) is 1.67. The van der Waals surface area contributed by atoms with Crippen molar-refractivity contribution in [3.05, 3.63) is 36.8 Å². The topological polar surface area (TPSA) is 66.9 Å². The molecule has 0 radical (unpaired) electrons. The summed E-state index contributed by atoms with van der Waals surface area (Å²) in [6.45, 7) is 4.48. The Balaban J connectivity index is 1.77. The molecule has 1 atom stereocenters. The molecule has 1 aliphatic rings. The monoisotopic (exact) mass is 295 g/mol. The van der Waals surface area contributed by atoms with E-state index in [1.165, 1.54) is 0 Å². The van der Waals surface area contributed by atoms with Crippen molar-refractivity contribution >= 4 is 16.9 Å². The number of hydrogen-bond acceptors (Lipinski definition) is 5. The lowest BCUT2D eigenvalue weighted by atomic mass is 10.1. The molecule has 0 aliphatic carbocycles. The van der Waals surface area contributed by atoms with Gasteiger partial charge in [0.1, 0.15) is 11.5 Å². The maximum atomic E-state index is 5.50. The van der Waals surface area contributed by atoms with Crippen LogP contribution in [0.1, 0.15) is 6.92 Å². The van der Waals surface area contributed by atoms with E-state index in [9.17, 15) is 0 Å². The van der Waals surface area contributed by atoms with E-state index in [1.807, 2.05) is 30.6 Å². The van der Waals surface area contributed by atoms with Crippen molar-refractivity contribution in [1.29, 1.82) is 0 Å². The number of ether oxygens (including phenoxy) is 1. The zero-order valence-electron chi connectivity index (χ0n) is 12.4. The number of hydrogen-bond donors (Lipinski definition) is 1. The van der Waals surface area contributed by atoms with Crippen LogP contribution in [-0.2, 0) is 4.74 Å². The molecule has 0 aromatic carbocycles. The number of anilines is 1. The van der Waals surface area contributed by atoms with Gasteiger partial charge >= 0.3 is 0 Å². The molecule has 0 saturated carbocycles. The van der Waals surface area contributed by atoms with Crippen LogP contribution in [0.3, 0.4) is 0 Å². The summed E-state index contributed by atoms with van der Waals surface area (Å²) in [6.07, 6.45) is 5.48. The number of pyridine rings is 1. The Hall–Kier alpha value is -2.47. The summed E-state index contributed by atoms with van der Waals surface area (Å²) in [6, 6.07) is 6.24. The number of nitrogens with one attached hydrogen (secondary N) is 1. The standard InChI is InChI=1S/C16H17N5O/c1-11-10-22-9-8-21(11)14-4-7-19-16(20-14)13-3-6-18-15-12(13)2-5-17-15/h2-7,11H,8-10H2,1H3,(H,17,18). The van der Waals surface area contributed by atoms with Gasteiger partial charge in [0.2, 0.25) is 0 Å². The van der Waals surface area contributed by atoms with E-state index in [1.54, 1.807) is 6.20 Å². The zero-order valence-corrected chi connectivity index (χ0v) is 12.4. The highest BCUT2D eigenvalue weighted by Crippen LogP contribution is 2.26. The minimum atomic E-state index is 0.321. The molecule has 112 valence electrons. The van der Waals surface area contributed by atoms with E-state index in [4.69, 9.17) is 9.72 Å². The van der Waals surface area contributed by atoms with Crippen LogP contribution in [0.2, 0.25) is 0 Å². The normalized spacial score (nSPS) is 18.8. The predicted molar refractivity (Wildman–Crippen MR) is 84.7 cm³/mol. The highest BCUT2D eigenvalue weighted by Gasteiger charge is 2.21. The van der Waals surface area contributed by atoms with Crippen molar-refractivity contribution in [3.8, 4) is 11.4 Å². The van der Waals surface area contributed by atoms with Gasteiger partial charge in [0.25, 0.3) is 0 Å². The molecule has 0 spiro atoms. The molecule has 0 bridgehead atoms. The smallest absolute Gasteiger partial charge is 0.162 e. The fourth-order valence-electron chi connectivity index (χ4n) is 2.86. The first-order valence-electron chi connectivity index (χ1n) is 7.43. The fraction of sp³-hybridized carbons (Fsp3) is 0.312. The molecule has 6 heteroatoms. The van der Waals surface area contributed by atoms with Gasteiger partial charge in [0.05, 0.1) is 19.3 Å². The van der Waals surface area contributed by atoms with Gasteiger partial charge in [-0.15, -0.1) is 0 Å². The predicted octanol–water partition coefficient (Wildman–Crippen LogP) is 2.25. The Labute approximate surface area is 128 Å². The van der Waals surface area contributed by atoms with E-state index >= 15 is 0 Å². The van der Waals surface area contributed by atoms with Gasteiger partial charge in [0.15, 0.2) is 5.82 Å². The summed E-state index contributed by atoms with van der Waals surface area (Å²) in [7, 11) is 0. The average molecular weight is 295 g/mol. The van der Waals surface area contributed by atoms with Crippen LogP contribution in [-0.4, -0.2) is 45.7 Å². The van der Waals surface area contributed by atoms with Crippen molar-refractivity contribution in [3.63, 3.8) is 0 Å². The van der Waals surface area contributed by atoms with E-state index < -0.39 is 0 Å². The molecule has 1 unspecified atom stereocenters. The molecular formula is C16H17N5O. The Bertz CT molecular complexity index is 800. The fourth-order valence-corrected chi connectivity index (χ4v) is 2.86. The highest BCUT2D eigenvalue weighted by molar-refractivity contribution is 5.90.